The maximum atomic E-state index is 13.2. The van der Waals surface area contributed by atoms with Gasteiger partial charge in [0.25, 0.3) is 0 Å². The summed E-state index contributed by atoms with van der Waals surface area (Å²) >= 11 is 6.02. The molecule has 0 aliphatic carbocycles. The van der Waals surface area contributed by atoms with Gasteiger partial charge in [-0.15, -0.1) is 0 Å². The van der Waals surface area contributed by atoms with Gasteiger partial charge in [0.05, 0.1) is 36.9 Å². The van der Waals surface area contributed by atoms with Crippen LogP contribution < -0.4 is 4.74 Å². The van der Waals surface area contributed by atoms with Crippen molar-refractivity contribution in [2.24, 2.45) is 9.98 Å². The average molecular weight is 366 g/mol. The van der Waals surface area contributed by atoms with Crippen molar-refractivity contribution < 1.29 is 17.9 Å². The number of methoxy groups -OCH3 is 1. The van der Waals surface area contributed by atoms with E-state index in [1.807, 2.05) is 6.07 Å². The number of ether oxygens (including phenoxy) is 1. The van der Waals surface area contributed by atoms with Crippen LogP contribution in [-0.4, -0.2) is 24.2 Å². The van der Waals surface area contributed by atoms with Gasteiger partial charge >= 0.3 is 6.18 Å². The second-order valence-electron chi connectivity index (χ2n) is 5.65. The van der Waals surface area contributed by atoms with Crippen LogP contribution in [0.15, 0.2) is 40.3 Å². The van der Waals surface area contributed by atoms with Crippen LogP contribution in [-0.2, 0) is 12.7 Å². The van der Waals surface area contributed by atoms with Crippen LogP contribution in [0.1, 0.15) is 16.7 Å². The highest BCUT2D eigenvalue weighted by molar-refractivity contribution is 6.31. The number of rotatable bonds is 1. The Labute approximate surface area is 146 Å². The summed E-state index contributed by atoms with van der Waals surface area (Å²) in [4.78, 5) is 10.5. The molecule has 2 aliphatic rings. The Bertz CT molecular complexity index is 937. The van der Waals surface area contributed by atoms with E-state index in [0.29, 0.717) is 28.7 Å². The summed E-state index contributed by atoms with van der Waals surface area (Å²) in [5.74, 6) is 0.259. The zero-order valence-electron chi connectivity index (χ0n) is 12.9. The van der Waals surface area contributed by atoms with Crippen LogP contribution in [0.4, 0.5) is 24.5 Å². The first kappa shape index (κ1) is 16.0. The number of amidine groups is 1. The van der Waals surface area contributed by atoms with Crippen molar-refractivity contribution in [3.8, 4) is 5.75 Å². The molecule has 0 saturated heterocycles. The molecule has 0 saturated carbocycles. The van der Waals surface area contributed by atoms with Gasteiger partial charge in [0.1, 0.15) is 11.6 Å². The van der Waals surface area contributed by atoms with Gasteiger partial charge in [-0.25, -0.2) is 9.98 Å². The molecule has 2 aromatic carbocycles. The van der Waals surface area contributed by atoms with E-state index in [4.69, 9.17) is 16.3 Å². The quantitative estimate of drug-likeness (QED) is 0.718. The Hall–Kier alpha value is -2.54. The summed E-state index contributed by atoms with van der Waals surface area (Å²) in [7, 11) is 1.21. The average Bonchev–Trinajstić information content (AvgIpc) is 2.58. The molecule has 0 bridgehead atoms. The maximum Gasteiger partial charge on any atom is 0.420 e. The number of nitrogens with zero attached hydrogens (tertiary/aromatic N) is 3. The van der Waals surface area contributed by atoms with Gasteiger partial charge in [-0.2, -0.15) is 13.2 Å². The Morgan fingerprint density at radius 1 is 1.16 bits per heavy atom. The van der Waals surface area contributed by atoms with Crippen LogP contribution in [0, 0.1) is 0 Å². The summed E-state index contributed by atoms with van der Waals surface area (Å²) in [6, 6.07) is 7.69. The highest BCUT2D eigenvalue weighted by Crippen LogP contribution is 2.42. The summed E-state index contributed by atoms with van der Waals surface area (Å²) in [5.41, 5.74) is 1.48. The molecule has 0 fully saturated rings. The Kier molecular flexibility index (Phi) is 3.50. The number of hydrogen-bond acceptors (Lipinski definition) is 4. The summed E-state index contributed by atoms with van der Waals surface area (Å²) in [5, 5.41) is 0.547. The highest BCUT2D eigenvalue weighted by atomic mass is 35.5. The molecule has 0 N–H and O–H groups in total. The van der Waals surface area contributed by atoms with Gasteiger partial charge in [-0.05, 0) is 29.8 Å². The number of alkyl halides is 3. The van der Waals surface area contributed by atoms with Crippen molar-refractivity contribution in [2.45, 2.75) is 12.7 Å². The largest absolute Gasteiger partial charge is 0.496 e. The molecule has 8 heteroatoms. The Morgan fingerprint density at radius 2 is 1.96 bits per heavy atom. The zero-order chi connectivity index (χ0) is 17.8. The van der Waals surface area contributed by atoms with E-state index in [0.717, 1.165) is 11.6 Å². The van der Waals surface area contributed by atoms with Crippen LogP contribution in [0.2, 0.25) is 5.02 Å². The van der Waals surface area contributed by atoms with Gasteiger partial charge in [0.2, 0.25) is 0 Å². The van der Waals surface area contributed by atoms with Crippen molar-refractivity contribution >= 4 is 35.1 Å². The minimum atomic E-state index is -4.53. The van der Waals surface area contributed by atoms with Crippen LogP contribution in [0.25, 0.3) is 0 Å². The molecule has 0 amide bonds. The minimum absolute atomic E-state index is 0.202. The first-order chi connectivity index (χ1) is 11.9. The lowest BCUT2D eigenvalue weighted by Crippen LogP contribution is -2.34. The number of aliphatic imine (C=N–C) groups is 2. The molecule has 0 spiro atoms. The molecule has 4 nitrogen and oxygen atoms in total. The Balaban J connectivity index is 1.90. The molecule has 0 radical (unpaired) electrons. The predicted octanol–water partition coefficient (Wildman–Crippen LogP) is 4.93. The van der Waals surface area contributed by atoms with Crippen LogP contribution in [0.3, 0.4) is 0 Å². The first-order valence-corrected chi connectivity index (χ1v) is 7.72. The lowest BCUT2D eigenvalue weighted by Gasteiger charge is -2.31. The second-order valence-corrected chi connectivity index (χ2v) is 6.08. The van der Waals surface area contributed by atoms with E-state index < -0.39 is 11.7 Å². The molecule has 0 unspecified atom stereocenters. The maximum absolute atomic E-state index is 13.2. The smallest absolute Gasteiger partial charge is 0.420 e. The molecule has 2 heterocycles. The monoisotopic (exact) mass is 365 g/mol. The van der Waals surface area contributed by atoms with Gasteiger partial charge in [0.15, 0.2) is 0 Å². The molecule has 0 atom stereocenters. The van der Waals surface area contributed by atoms with E-state index in [9.17, 15) is 13.2 Å². The van der Waals surface area contributed by atoms with Crippen molar-refractivity contribution in [2.75, 3.05) is 7.11 Å². The summed E-state index contributed by atoms with van der Waals surface area (Å²) in [6.07, 6.45) is -3.03. The third-order valence-corrected chi connectivity index (χ3v) is 4.32. The molecule has 2 aliphatic heterocycles. The van der Waals surface area contributed by atoms with Gasteiger partial charge in [0, 0.05) is 10.6 Å². The molecule has 0 aromatic heterocycles. The summed E-state index contributed by atoms with van der Waals surface area (Å²) in [6.45, 7) is 0.512. The van der Waals surface area contributed by atoms with Crippen molar-refractivity contribution in [1.29, 1.82) is 0 Å². The minimum Gasteiger partial charge on any atom is -0.496 e. The standard InChI is InChI=1S/C17H11ClF3N3O/c1-25-15-5-11-14(6-12(15)17(19,20)21)22-8-24-7-9-2-3-10(18)4-13(9)23-16(11)24/h2-6,8H,7H2,1H3. The highest BCUT2D eigenvalue weighted by Gasteiger charge is 2.37. The molecular formula is C17H11ClF3N3O. The fraction of sp³-hybridized carbons (Fsp3) is 0.176. The van der Waals surface area contributed by atoms with Crippen molar-refractivity contribution in [1.82, 2.24) is 4.90 Å². The third kappa shape index (κ3) is 2.64. The predicted molar refractivity (Wildman–Crippen MR) is 89.3 cm³/mol. The molecule has 25 heavy (non-hydrogen) atoms. The van der Waals surface area contributed by atoms with Crippen LogP contribution in [0.5, 0.6) is 5.75 Å². The lowest BCUT2D eigenvalue weighted by atomic mass is 10.0. The van der Waals surface area contributed by atoms with Crippen molar-refractivity contribution in [3.05, 3.63) is 52.0 Å². The normalized spacial score (nSPS) is 15.2. The molecule has 2 aromatic rings. The zero-order valence-corrected chi connectivity index (χ0v) is 13.7. The third-order valence-electron chi connectivity index (χ3n) is 4.09. The molecular weight excluding hydrogens is 355 g/mol. The fourth-order valence-corrected chi connectivity index (χ4v) is 3.06. The van der Waals surface area contributed by atoms with E-state index in [1.54, 1.807) is 17.0 Å². The van der Waals surface area contributed by atoms with E-state index >= 15 is 0 Å². The lowest BCUT2D eigenvalue weighted by molar-refractivity contribution is -0.138. The number of fused-ring (bicyclic) bond motifs is 4. The first-order valence-electron chi connectivity index (χ1n) is 7.34. The fourth-order valence-electron chi connectivity index (χ4n) is 2.90. The topological polar surface area (TPSA) is 37.2 Å². The second kappa shape index (κ2) is 5.49. The van der Waals surface area contributed by atoms with Crippen molar-refractivity contribution in [3.63, 3.8) is 0 Å². The SMILES string of the molecule is COc1cc2c(cc1C(F)(F)F)N=CN1Cc3ccc(Cl)cc3N=C21. The van der Waals surface area contributed by atoms with Gasteiger partial charge in [-0.1, -0.05) is 17.7 Å². The number of hydrogen-bond donors (Lipinski definition) is 0. The van der Waals surface area contributed by atoms with E-state index in [1.165, 1.54) is 19.5 Å². The molecule has 128 valence electrons. The van der Waals surface area contributed by atoms with Crippen LogP contribution >= 0.6 is 11.6 Å². The van der Waals surface area contributed by atoms with Gasteiger partial charge in [-0.3, -0.25) is 0 Å². The van der Waals surface area contributed by atoms with E-state index in [2.05, 4.69) is 9.98 Å². The van der Waals surface area contributed by atoms with E-state index in [-0.39, 0.29) is 11.4 Å². The van der Waals surface area contributed by atoms with Gasteiger partial charge < -0.3 is 9.64 Å². The molecule has 4 rings (SSSR count). The number of halogens is 4. The Morgan fingerprint density at radius 3 is 2.68 bits per heavy atom. The number of benzene rings is 2. The summed E-state index contributed by atoms with van der Waals surface area (Å²) < 4.78 is 44.5.